The van der Waals surface area contributed by atoms with Crippen molar-refractivity contribution in [2.24, 2.45) is 5.92 Å². The van der Waals surface area contributed by atoms with Crippen LogP contribution in [0.2, 0.25) is 0 Å². The minimum absolute atomic E-state index is 0.0232. The summed E-state index contributed by atoms with van der Waals surface area (Å²) in [5, 5.41) is 0. The van der Waals surface area contributed by atoms with Gasteiger partial charge in [-0.25, -0.2) is 0 Å². The summed E-state index contributed by atoms with van der Waals surface area (Å²) in [6, 6.07) is 5.19. The van der Waals surface area contributed by atoms with E-state index >= 15 is 0 Å². The predicted octanol–water partition coefficient (Wildman–Crippen LogP) is 2.15. The van der Waals surface area contributed by atoms with Crippen LogP contribution in [0, 0.1) is 5.92 Å². The fraction of sp³-hybridized carbons (Fsp3) is 0.500. The number of rotatable bonds is 3. The van der Waals surface area contributed by atoms with Crippen LogP contribution >= 0.6 is 0 Å². The summed E-state index contributed by atoms with van der Waals surface area (Å²) in [6.45, 7) is 3.84. The number of methoxy groups -OCH3 is 1. The third-order valence-corrected chi connectivity index (χ3v) is 3.60. The van der Waals surface area contributed by atoms with Crippen LogP contribution in [-0.2, 0) is 0 Å². The molecule has 1 unspecified atom stereocenters. The molecular weight excluding hydrogens is 228 g/mol. The minimum Gasteiger partial charge on any atom is -0.496 e. The second-order valence-corrected chi connectivity index (χ2v) is 4.77. The maximum atomic E-state index is 12.4. The van der Waals surface area contributed by atoms with E-state index in [1.54, 1.807) is 25.3 Å². The molecule has 4 nitrogen and oxygen atoms in total. The first-order chi connectivity index (χ1) is 8.65. The van der Waals surface area contributed by atoms with Crippen molar-refractivity contribution < 1.29 is 9.53 Å². The van der Waals surface area contributed by atoms with E-state index in [1.807, 2.05) is 4.90 Å². The molecule has 0 aliphatic carbocycles. The number of carbonyl (C=O) groups is 1. The molecule has 4 heteroatoms. The number of hydrogen-bond donors (Lipinski definition) is 1. The van der Waals surface area contributed by atoms with Gasteiger partial charge in [0.15, 0.2) is 0 Å². The van der Waals surface area contributed by atoms with E-state index in [2.05, 4.69) is 6.92 Å². The lowest BCUT2D eigenvalue weighted by Gasteiger charge is -2.18. The number of likely N-dealkylation sites (tertiary alicyclic amines) is 1. The van der Waals surface area contributed by atoms with Crippen LogP contribution < -0.4 is 10.5 Å². The molecule has 2 N–H and O–H groups in total. The second kappa shape index (κ2) is 5.29. The number of anilines is 1. The topological polar surface area (TPSA) is 55.6 Å². The lowest BCUT2D eigenvalue weighted by molar-refractivity contribution is 0.0783. The van der Waals surface area contributed by atoms with Crippen molar-refractivity contribution in [3.63, 3.8) is 0 Å². The van der Waals surface area contributed by atoms with Gasteiger partial charge in [-0.15, -0.1) is 0 Å². The van der Waals surface area contributed by atoms with Crippen molar-refractivity contribution in [3.8, 4) is 5.75 Å². The van der Waals surface area contributed by atoms with Crippen molar-refractivity contribution in [2.75, 3.05) is 25.9 Å². The van der Waals surface area contributed by atoms with Crippen LogP contribution in [0.5, 0.6) is 5.75 Å². The number of ether oxygens (including phenoxy) is 1. The average molecular weight is 248 g/mol. The molecule has 0 bridgehead atoms. The molecule has 98 valence electrons. The molecule has 1 aromatic carbocycles. The highest BCUT2D eigenvalue weighted by molar-refractivity contribution is 5.98. The van der Waals surface area contributed by atoms with Crippen LogP contribution in [0.15, 0.2) is 18.2 Å². The van der Waals surface area contributed by atoms with Crippen molar-refractivity contribution >= 4 is 11.6 Å². The Morgan fingerprint density at radius 2 is 2.33 bits per heavy atom. The van der Waals surface area contributed by atoms with Gasteiger partial charge in [0.05, 0.1) is 12.7 Å². The number of amides is 1. The fourth-order valence-corrected chi connectivity index (χ4v) is 2.41. The molecular formula is C14H20N2O2. The third kappa shape index (κ3) is 2.42. The molecule has 1 aromatic rings. The summed E-state index contributed by atoms with van der Waals surface area (Å²) in [7, 11) is 1.57. The first-order valence-corrected chi connectivity index (χ1v) is 6.38. The Bertz CT molecular complexity index is 445. The maximum Gasteiger partial charge on any atom is 0.257 e. The molecule has 0 radical (unpaired) electrons. The summed E-state index contributed by atoms with van der Waals surface area (Å²) < 4.78 is 5.23. The average Bonchev–Trinajstić information content (AvgIpc) is 2.86. The molecule has 0 aromatic heterocycles. The summed E-state index contributed by atoms with van der Waals surface area (Å²) >= 11 is 0. The second-order valence-electron chi connectivity index (χ2n) is 4.77. The summed E-state index contributed by atoms with van der Waals surface area (Å²) in [4.78, 5) is 14.3. The molecule has 0 saturated carbocycles. The molecule has 1 heterocycles. The largest absolute Gasteiger partial charge is 0.496 e. The van der Waals surface area contributed by atoms with Crippen molar-refractivity contribution in [2.45, 2.75) is 19.8 Å². The molecule has 2 rings (SSSR count). The normalized spacial score (nSPS) is 19.0. The molecule has 0 spiro atoms. The van der Waals surface area contributed by atoms with Gasteiger partial charge in [-0.05, 0) is 30.5 Å². The Hall–Kier alpha value is -1.71. The van der Waals surface area contributed by atoms with Crippen LogP contribution in [0.25, 0.3) is 0 Å². The highest BCUT2D eigenvalue weighted by Crippen LogP contribution is 2.26. The van der Waals surface area contributed by atoms with E-state index in [-0.39, 0.29) is 5.91 Å². The van der Waals surface area contributed by atoms with Crippen LogP contribution in [0.4, 0.5) is 5.69 Å². The van der Waals surface area contributed by atoms with E-state index in [9.17, 15) is 4.79 Å². The summed E-state index contributed by atoms with van der Waals surface area (Å²) in [5.74, 6) is 1.24. The van der Waals surface area contributed by atoms with Gasteiger partial charge >= 0.3 is 0 Å². The van der Waals surface area contributed by atoms with Crippen molar-refractivity contribution in [3.05, 3.63) is 23.8 Å². The van der Waals surface area contributed by atoms with Gasteiger partial charge in [0.1, 0.15) is 5.75 Å². The standard InChI is InChI=1S/C14H20N2O2/c1-3-10-6-7-16(9-10)14(17)12-8-11(15)4-5-13(12)18-2/h4-5,8,10H,3,6-7,9,15H2,1-2H3. The highest BCUT2D eigenvalue weighted by atomic mass is 16.5. The fourth-order valence-electron chi connectivity index (χ4n) is 2.41. The number of nitrogens with zero attached hydrogens (tertiary/aromatic N) is 1. The zero-order valence-corrected chi connectivity index (χ0v) is 11.0. The SMILES string of the molecule is CCC1CCN(C(=O)c2cc(N)ccc2OC)C1. The number of nitrogen functional groups attached to an aromatic ring is 1. The number of carbonyl (C=O) groups excluding carboxylic acids is 1. The Labute approximate surface area is 108 Å². The Morgan fingerprint density at radius 3 is 2.94 bits per heavy atom. The van der Waals surface area contributed by atoms with Gasteiger partial charge in [0, 0.05) is 18.8 Å². The van der Waals surface area contributed by atoms with E-state index in [0.717, 1.165) is 25.9 Å². The number of hydrogen-bond acceptors (Lipinski definition) is 3. The monoisotopic (exact) mass is 248 g/mol. The molecule has 1 fully saturated rings. The van der Waals surface area contributed by atoms with Crippen LogP contribution in [0.1, 0.15) is 30.1 Å². The van der Waals surface area contributed by atoms with Crippen molar-refractivity contribution in [1.82, 2.24) is 4.90 Å². The molecule has 18 heavy (non-hydrogen) atoms. The summed E-state index contributed by atoms with van der Waals surface area (Å²) in [5.41, 5.74) is 6.90. The molecule has 1 saturated heterocycles. The van der Waals surface area contributed by atoms with E-state index in [0.29, 0.717) is 22.9 Å². The lowest BCUT2D eigenvalue weighted by Crippen LogP contribution is -2.29. The van der Waals surface area contributed by atoms with Gasteiger partial charge in [0.25, 0.3) is 5.91 Å². The van der Waals surface area contributed by atoms with E-state index < -0.39 is 0 Å². The van der Waals surface area contributed by atoms with Gasteiger partial charge in [-0.3, -0.25) is 4.79 Å². The molecule has 1 atom stereocenters. The van der Waals surface area contributed by atoms with E-state index in [4.69, 9.17) is 10.5 Å². The van der Waals surface area contributed by atoms with E-state index in [1.165, 1.54) is 0 Å². The first-order valence-electron chi connectivity index (χ1n) is 6.38. The van der Waals surface area contributed by atoms with Crippen molar-refractivity contribution in [1.29, 1.82) is 0 Å². The quantitative estimate of drug-likeness (QED) is 0.834. The Balaban J connectivity index is 2.21. The zero-order valence-electron chi connectivity index (χ0n) is 11.0. The zero-order chi connectivity index (χ0) is 13.1. The summed E-state index contributed by atoms with van der Waals surface area (Å²) in [6.07, 6.45) is 2.21. The molecule has 1 amide bonds. The Morgan fingerprint density at radius 1 is 1.56 bits per heavy atom. The lowest BCUT2D eigenvalue weighted by atomic mass is 10.1. The van der Waals surface area contributed by atoms with Crippen LogP contribution in [-0.4, -0.2) is 31.0 Å². The molecule has 1 aliphatic rings. The Kier molecular flexibility index (Phi) is 3.75. The minimum atomic E-state index is 0.0232. The first kappa shape index (κ1) is 12.7. The van der Waals surface area contributed by atoms with Gasteiger partial charge in [-0.2, -0.15) is 0 Å². The van der Waals surface area contributed by atoms with Crippen LogP contribution in [0.3, 0.4) is 0 Å². The van der Waals surface area contributed by atoms with Gasteiger partial charge < -0.3 is 15.4 Å². The predicted molar refractivity (Wildman–Crippen MR) is 71.7 cm³/mol. The smallest absolute Gasteiger partial charge is 0.257 e. The number of benzene rings is 1. The maximum absolute atomic E-state index is 12.4. The van der Waals surface area contributed by atoms with Gasteiger partial charge in [0.2, 0.25) is 0 Å². The third-order valence-electron chi connectivity index (χ3n) is 3.60. The highest BCUT2D eigenvalue weighted by Gasteiger charge is 2.27. The molecule has 1 aliphatic heterocycles. The van der Waals surface area contributed by atoms with Gasteiger partial charge in [-0.1, -0.05) is 13.3 Å². The number of nitrogens with two attached hydrogens (primary N) is 1.